The van der Waals surface area contributed by atoms with Crippen molar-refractivity contribution in [2.45, 2.75) is 4.90 Å². The first-order valence-corrected chi connectivity index (χ1v) is 7.91. The van der Waals surface area contributed by atoms with Crippen molar-refractivity contribution in [1.29, 1.82) is 0 Å². The maximum Gasteiger partial charge on any atom is 0.319 e. The van der Waals surface area contributed by atoms with Crippen molar-refractivity contribution in [1.82, 2.24) is 19.1 Å². The predicted molar refractivity (Wildman–Crippen MR) is 76.5 cm³/mol. The summed E-state index contributed by atoms with van der Waals surface area (Å²) < 4.78 is 26.1. The molecule has 0 saturated carbocycles. The Morgan fingerprint density at radius 2 is 1.86 bits per heavy atom. The maximum absolute atomic E-state index is 12.4. The number of piperazine rings is 1. The zero-order valence-corrected chi connectivity index (χ0v) is 12.8. The van der Waals surface area contributed by atoms with Crippen molar-refractivity contribution < 1.29 is 13.2 Å². The summed E-state index contributed by atoms with van der Waals surface area (Å²) in [7, 11) is -0.529. The Bertz CT molecular complexity index is 674. The van der Waals surface area contributed by atoms with Gasteiger partial charge in [0.05, 0.1) is 0 Å². The summed E-state index contributed by atoms with van der Waals surface area (Å²) in [5.41, 5.74) is -0.541. The highest BCUT2D eigenvalue weighted by molar-refractivity contribution is 7.89. The number of urea groups is 1. The lowest BCUT2D eigenvalue weighted by molar-refractivity contribution is 0.149. The molecule has 1 saturated heterocycles. The molecule has 8 nitrogen and oxygen atoms in total. The third kappa shape index (κ3) is 3.08. The fourth-order valence-corrected chi connectivity index (χ4v) is 3.61. The van der Waals surface area contributed by atoms with Crippen LogP contribution in [0.3, 0.4) is 0 Å². The van der Waals surface area contributed by atoms with Gasteiger partial charge in [-0.05, 0) is 0 Å². The standard InChI is InChI=1S/C12H18N4O4S/c1-14(2)12(18)15-5-7-16(8-6-15)21(19,20)11-9-13-4-3-10(11)17/h3-4,9H,5-8H2,1-2H3,(H,13,17). The number of amides is 2. The van der Waals surface area contributed by atoms with Gasteiger partial charge in [0, 0.05) is 58.7 Å². The van der Waals surface area contributed by atoms with Crippen LogP contribution in [-0.4, -0.2) is 73.8 Å². The summed E-state index contributed by atoms with van der Waals surface area (Å²) in [4.78, 5) is 28.9. The van der Waals surface area contributed by atoms with Gasteiger partial charge in [-0.25, -0.2) is 13.2 Å². The van der Waals surface area contributed by atoms with Gasteiger partial charge in [0.15, 0.2) is 0 Å². The number of hydrogen-bond acceptors (Lipinski definition) is 4. The molecule has 1 aromatic rings. The van der Waals surface area contributed by atoms with E-state index in [1.165, 1.54) is 27.7 Å². The van der Waals surface area contributed by atoms with Crippen LogP contribution in [0.4, 0.5) is 4.79 Å². The first-order valence-electron chi connectivity index (χ1n) is 6.47. The van der Waals surface area contributed by atoms with E-state index in [4.69, 9.17) is 0 Å². The zero-order chi connectivity index (χ0) is 15.6. The van der Waals surface area contributed by atoms with Crippen molar-refractivity contribution in [3.63, 3.8) is 0 Å². The summed E-state index contributed by atoms with van der Waals surface area (Å²) in [5, 5.41) is 0. The number of aromatic amines is 1. The van der Waals surface area contributed by atoms with Gasteiger partial charge in [0.2, 0.25) is 15.5 Å². The van der Waals surface area contributed by atoms with Crippen molar-refractivity contribution >= 4 is 16.1 Å². The molecule has 0 radical (unpaired) electrons. The molecule has 1 aliphatic rings. The molecule has 116 valence electrons. The van der Waals surface area contributed by atoms with E-state index >= 15 is 0 Å². The van der Waals surface area contributed by atoms with Crippen LogP contribution in [0, 0.1) is 0 Å². The molecule has 0 aromatic carbocycles. The molecule has 1 aromatic heterocycles. The highest BCUT2D eigenvalue weighted by atomic mass is 32.2. The number of rotatable bonds is 2. The number of carbonyl (C=O) groups excluding carboxylic acids is 1. The van der Waals surface area contributed by atoms with Gasteiger partial charge < -0.3 is 14.8 Å². The van der Waals surface area contributed by atoms with E-state index in [-0.39, 0.29) is 24.0 Å². The Balaban J connectivity index is 2.14. The van der Waals surface area contributed by atoms with Gasteiger partial charge in [-0.15, -0.1) is 0 Å². The Kier molecular flexibility index (Phi) is 4.33. The largest absolute Gasteiger partial charge is 0.366 e. The minimum atomic E-state index is -3.82. The Hall–Kier alpha value is -1.87. The molecule has 1 N–H and O–H groups in total. The first-order chi connectivity index (χ1) is 9.84. The lowest BCUT2D eigenvalue weighted by Gasteiger charge is -2.35. The quantitative estimate of drug-likeness (QED) is 0.786. The van der Waals surface area contributed by atoms with Gasteiger partial charge in [0.1, 0.15) is 4.90 Å². The fraction of sp³-hybridized carbons (Fsp3) is 0.500. The van der Waals surface area contributed by atoms with Crippen LogP contribution in [0.2, 0.25) is 0 Å². The minimum Gasteiger partial charge on any atom is -0.366 e. The molecule has 0 unspecified atom stereocenters. The van der Waals surface area contributed by atoms with Crippen LogP contribution in [0.5, 0.6) is 0 Å². The molecule has 1 fully saturated rings. The van der Waals surface area contributed by atoms with Crippen molar-refractivity contribution in [2.24, 2.45) is 0 Å². The number of carbonyl (C=O) groups is 1. The topological polar surface area (TPSA) is 93.8 Å². The summed E-state index contributed by atoms with van der Waals surface area (Å²) in [6, 6.07) is 1.03. The van der Waals surface area contributed by atoms with Crippen molar-refractivity contribution in [2.75, 3.05) is 40.3 Å². The molecule has 0 atom stereocenters. The second-order valence-corrected chi connectivity index (χ2v) is 6.85. The second-order valence-electron chi connectivity index (χ2n) is 4.94. The third-order valence-electron chi connectivity index (χ3n) is 3.30. The van der Waals surface area contributed by atoms with Crippen LogP contribution < -0.4 is 5.43 Å². The normalized spacial score (nSPS) is 16.8. The van der Waals surface area contributed by atoms with E-state index in [1.807, 2.05) is 0 Å². The van der Waals surface area contributed by atoms with Gasteiger partial charge in [-0.2, -0.15) is 4.31 Å². The second kappa shape index (κ2) is 5.86. The highest BCUT2D eigenvalue weighted by Gasteiger charge is 2.31. The predicted octanol–water partition coefficient (Wildman–Crippen LogP) is -0.637. The molecule has 2 amide bonds. The van der Waals surface area contributed by atoms with E-state index in [9.17, 15) is 18.0 Å². The number of aromatic nitrogens is 1. The molecule has 0 aliphatic carbocycles. The summed E-state index contributed by atoms with van der Waals surface area (Å²) >= 11 is 0. The number of sulfonamides is 1. The summed E-state index contributed by atoms with van der Waals surface area (Å²) in [5.74, 6) is 0. The van der Waals surface area contributed by atoms with Crippen molar-refractivity contribution in [3.05, 3.63) is 28.7 Å². The van der Waals surface area contributed by atoms with Gasteiger partial charge in [-0.3, -0.25) is 4.79 Å². The molecular formula is C12H18N4O4S. The number of nitrogens with zero attached hydrogens (tertiary/aromatic N) is 3. The number of H-pyrrole nitrogens is 1. The average molecular weight is 314 g/mol. The molecular weight excluding hydrogens is 296 g/mol. The lowest BCUT2D eigenvalue weighted by Crippen LogP contribution is -2.53. The molecule has 1 aliphatic heterocycles. The summed E-state index contributed by atoms with van der Waals surface area (Å²) in [6.45, 7) is 0.967. The van der Waals surface area contributed by atoms with Gasteiger partial charge >= 0.3 is 6.03 Å². The van der Waals surface area contributed by atoms with E-state index < -0.39 is 15.5 Å². The van der Waals surface area contributed by atoms with Crippen LogP contribution in [0.15, 0.2) is 28.2 Å². The minimum absolute atomic E-state index is 0.149. The third-order valence-corrected chi connectivity index (χ3v) is 5.22. The van der Waals surface area contributed by atoms with E-state index in [2.05, 4.69) is 4.98 Å². The smallest absolute Gasteiger partial charge is 0.319 e. The summed E-state index contributed by atoms with van der Waals surface area (Å²) in [6.07, 6.45) is 2.57. The average Bonchev–Trinajstić information content (AvgIpc) is 2.46. The number of nitrogens with one attached hydrogen (secondary N) is 1. The van der Waals surface area contributed by atoms with E-state index in [0.29, 0.717) is 13.1 Å². The molecule has 2 heterocycles. The van der Waals surface area contributed by atoms with Gasteiger partial charge in [0.25, 0.3) is 0 Å². The van der Waals surface area contributed by atoms with Gasteiger partial charge in [-0.1, -0.05) is 0 Å². The highest BCUT2D eigenvalue weighted by Crippen LogP contribution is 2.14. The molecule has 0 bridgehead atoms. The Morgan fingerprint density at radius 3 is 2.38 bits per heavy atom. The van der Waals surface area contributed by atoms with Crippen LogP contribution in [-0.2, 0) is 10.0 Å². The van der Waals surface area contributed by atoms with Crippen LogP contribution in [0.1, 0.15) is 0 Å². The first kappa shape index (κ1) is 15.5. The molecule has 0 spiro atoms. The van der Waals surface area contributed by atoms with Crippen molar-refractivity contribution in [3.8, 4) is 0 Å². The number of hydrogen-bond donors (Lipinski definition) is 1. The Labute approximate surface area is 123 Å². The van der Waals surface area contributed by atoms with Crippen LogP contribution >= 0.6 is 0 Å². The fourth-order valence-electron chi connectivity index (χ4n) is 2.14. The SMILES string of the molecule is CN(C)C(=O)N1CCN(S(=O)(=O)c2c[nH]ccc2=O)CC1. The zero-order valence-electron chi connectivity index (χ0n) is 11.9. The molecule has 21 heavy (non-hydrogen) atoms. The monoisotopic (exact) mass is 314 g/mol. The van der Waals surface area contributed by atoms with Crippen LogP contribution in [0.25, 0.3) is 0 Å². The molecule has 2 rings (SSSR count). The van der Waals surface area contributed by atoms with E-state index in [1.54, 1.807) is 19.0 Å². The Morgan fingerprint density at radius 1 is 1.24 bits per heavy atom. The number of pyridine rings is 1. The maximum atomic E-state index is 12.4. The lowest BCUT2D eigenvalue weighted by atomic mass is 10.4. The molecule has 9 heteroatoms. The van der Waals surface area contributed by atoms with E-state index in [0.717, 1.165) is 0 Å².